The predicted molar refractivity (Wildman–Crippen MR) is 83.9 cm³/mol. The van der Waals surface area contributed by atoms with Crippen LogP contribution in [0.2, 0.25) is 0 Å². The summed E-state index contributed by atoms with van der Waals surface area (Å²) in [6, 6.07) is 13.0. The molecule has 20 heavy (non-hydrogen) atoms. The Morgan fingerprint density at radius 2 is 1.90 bits per heavy atom. The molecule has 0 aliphatic rings. The van der Waals surface area contributed by atoms with Crippen molar-refractivity contribution in [1.82, 2.24) is 0 Å². The molecule has 3 nitrogen and oxygen atoms in total. The molecule has 0 bridgehead atoms. The monoisotopic (exact) mass is 332 g/mol. The molecule has 0 saturated carbocycles. The molecule has 3 rings (SSSR count). The van der Waals surface area contributed by atoms with Crippen molar-refractivity contribution in [2.24, 2.45) is 0 Å². The van der Waals surface area contributed by atoms with Crippen molar-refractivity contribution in [3.63, 3.8) is 0 Å². The van der Waals surface area contributed by atoms with Crippen molar-refractivity contribution in [1.29, 1.82) is 0 Å². The predicted octanol–water partition coefficient (Wildman–Crippen LogP) is 4.11. The molecule has 0 atom stereocenters. The molecule has 1 heterocycles. The molecule has 2 aromatic carbocycles. The van der Waals surface area contributed by atoms with Gasteiger partial charge in [-0.2, -0.15) is 0 Å². The Hall–Kier alpha value is -1.81. The first-order valence-corrected chi connectivity index (χ1v) is 7.55. The van der Waals surface area contributed by atoms with Crippen molar-refractivity contribution in [2.45, 2.75) is 6.42 Å². The van der Waals surface area contributed by atoms with Gasteiger partial charge in [0, 0.05) is 16.8 Å². The average molecular weight is 333 g/mol. The molecule has 0 amide bonds. The molecule has 0 aliphatic heterocycles. The quantitative estimate of drug-likeness (QED) is 0.312. The zero-order chi connectivity index (χ0) is 13.9. The highest BCUT2D eigenvalue weighted by atomic mass is 79.9. The second kappa shape index (κ2) is 5.67. The number of hydrogen-bond acceptors (Lipinski definition) is 3. The largest absolute Gasteiger partial charge is 0.494 e. The van der Waals surface area contributed by atoms with E-state index in [1.807, 2.05) is 30.3 Å². The van der Waals surface area contributed by atoms with E-state index >= 15 is 0 Å². The molecule has 3 aromatic rings. The summed E-state index contributed by atoms with van der Waals surface area (Å²) >= 11 is 3.38. The molecule has 102 valence electrons. The second-order valence-electron chi connectivity index (χ2n) is 4.51. The number of alkyl halides is 1. The fourth-order valence-corrected chi connectivity index (χ4v) is 2.42. The minimum Gasteiger partial charge on any atom is -0.494 e. The Balaban J connectivity index is 2.10. The smallest absolute Gasteiger partial charge is 0.336 e. The Kier molecular flexibility index (Phi) is 3.74. The zero-order valence-electron chi connectivity index (χ0n) is 10.8. The lowest BCUT2D eigenvalue weighted by molar-refractivity contribution is 0.319. The highest BCUT2D eigenvalue weighted by Crippen LogP contribution is 2.28. The fraction of sp³-hybridized carbons (Fsp3) is 0.188. The summed E-state index contributed by atoms with van der Waals surface area (Å²) in [5.74, 6) is 0.831. The lowest BCUT2D eigenvalue weighted by Gasteiger charge is -2.08. The van der Waals surface area contributed by atoms with E-state index in [0.717, 1.165) is 33.7 Å². The maximum atomic E-state index is 11.3. The van der Waals surface area contributed by atoms with Crippen molar-refractivity contribution >= 4 is 37.7 Å². The number of fused-ring (bicyclic) bond motifs is 3. The standard InChI is InChI=1S/C16H13BrO3/c17-8-1-9-19-12-4-2-11-3-6-15-13(14(11)10-12)5-7-16(18)20-15/h2-7,10H,1,8-9H2. The number of rotatable bonds is 4. The summed E-state index contributed by atoms with van der Waals surface area (Å²) in [6.45, 7) is 0.677. The number of benzene rings is 2. The summed E-state index contributed by atoms with van der Waals surface area (Å²) in [6.07, 6.45) is 0.961. The van der Waals surface area contributed by atoms with Crippen LogP contribution in [-0.2, 0) is 0 Å². The van der Waals surface area contributed by atoms with Crippen molar-refractivity contribution in [3.05, 3.63) is 52.9 Å². The van der Waals surface area contributed by atoms with E-state index in [1.165, 1.54) is 6.07 Å². The third-order valence-electron chi connectivity index (χ3n) is 3.14. The Labute approximate surface area is 124 Å². The Bertz CT molecular complexity index is 808. The maximum absolute atomic E-state index is 11.3. The van der Waals surface area contributed by atoms with Crippen LogP contribution in [0.3, 0.4) is 0 Å². The molecule has 0 unspecified atom stereocenters. The summed E-state index contributed by atoms with van der Waals surface area (Å²) < 4.78 is 10.9. The van der Waals surface area contributed by atoms with Crippen LogP contribution in [0, 0.1) is 0 Å². The van der Waals surface area contributed by atoms with Crippen LogP contribution in [0.5, 0.6) is 5.75 Å². The van der Waals surface area contributed by atoms with E-state index in [0.29, 0.717) is 12.2 Å². The van der Waals surface area contributed by atoms with Crippen LogP contribution in [0.1, 0.15) is 6.42 Å². The van der Waals surface area contributed by atoms with Gasteiger partial charge >= 0.3 is 5.63 Å². The van der Waals surface area contributed by atoms with Gasteiger partial charge in [-0.15, -0.1) is 0 Å². The lowest BCUT2D eigenvalue weighted by Crippen LogP contribution is -1.98. The number of hydrogen-bond donors (Lipinski definition) is 0. The minimum absolute atomic E-state index is 0.332. The first kappa shape index (κ1) is 13.2. The molecule has 0 spiro atoms. The fourth-order valence-electron chi connectivity index (χ4n) is 2.19. The van der Waals surface area contributed by atoms with Crippen LogP contribution in [0.4, 0.5) is 0 Å². The third kappa shape index (κ3) is 2.56. The third-order valence-corrected chi connectivity index (χ3v) is 3.70. The topological polar surface area (TPSA) is 39.4 Å². The van der Waals surface area contributed by atoms with Crippen molar-refractivity contribution in [3.8, 4) is 5.75 Å². The van der Waals surface area contributed by atoms with Gasteiger partial charge in [0.1, 0.15) is 11.3 Å². The van der Waals surface area contributed by atoms with Crippen LogP contribution >= 0.6 is 15.9 Å². The van der Waals surface area contributed by atoms with Gasteiger partial charge in [-0.1, -0.05) is 28.1 Å². The molecule has 0 aliphatic carbocycles. The maximum Gasteiger partial charge on any atom is 0.336 e. The molecule has 0 N–H and O–H groups in total. The molecular weight excluding hydrogens is 320 g/mol. The second-order valence-corrected chi connectivity index (χ2v) is 5.30. The Morgan fingerprint density at radius 3 is 2.75 bits per heavy atom. The van der Waals surface area contributed by atoms with Crippen LogP contribution in [0.15, 0.2) is 51.7 Å². The number of ether oxygens (including phenoxy) is 1. The van der Waals surface area contributed by atoms with Crippen LogP contribution in [0.25, 0.3) is 21.7 Å². The van der Waals surface area contributed by atoms with Crippen LogP contribution < -0.4 is 10.4 Å². The molecule has 0 saturated heterocycles. The SMILES string of the molecule is O=c1ccc2c(ccc3ccc(OCCCBr)cc32)o1. The molecule has 4 heteroatoms. The van der Waals surface area contributed by atoms with E-state index in [-0.39, 0.29) is 5.63 Å². The summed E-state index contributed by atoms with van der Waals surface area (Å²) in [4.78, 5) is 11.3. The Morgan fingerprint density at radius 1 is 1.05 bits per heavy atom. The highest BCUT2D eigenvalue weighted by Gasteiger charge is 2.04. The van der Waals surface area contributed by atoms with Crippen molar-refractivity contribution < 1.29 is 9.15 Å². The summed E-state index contributed by atoms with van der Waals surface area (Å²) in [5, 5.41) is 3.98. The molecule has 0 radical (unpaired) electrons. The van der Waals surface area contributed by atoms with E-state index in [4.69, 9.17) is 9.15 Å². The summed E-state index contributed by atoms with van der Waals surface area (Å²) in [7, 11) is 0. The van der Waals surface area contributed by atoms with Gasteiger partial charge in [-0.25, -0.2) is 4.79 Å². The van der Waals surface area contributed by atoms with E-state index in [9.17, 15) is 4.79 Å². The van der Waals surface area contributed by atoms with Gasteiger partial charge in [-0.05, 0) is 41.5 Å². The van der Waals surface area contributed by atoms with Crippen molar-refractivity contribution in [2.75, 3.05) is 11.9 Å². The summed E-state index contributed by atoms with van der Waals surface area (Å²) in [5.41, 5.74) is 0.268. The highest BCUT2D eigenvalue weighted by molar-refractivity contribution is 9.09. The lowest BCUT2D eigenvalue weighted by atomic mass is 10.1. The van der Waals surface area contributed by atoms with Gasteiger partial charge in [0.2, 0.25) is 0 Å². The molecule has 0 fully saturated rings. The number of halogens is 1. The zero-order valence-corrected chi connectivity index (χ0v) is 12.4. The van der Waals surface area contributed by atoms with Gasteiger partial charge in [0.05, 0.1) is 6.61 Å². The van der Waals surface area contributed by atoms with Gasteiger partial charge in [0.15, 0.2) is 0 Å². The first-order valence-electron chi connectivity index (χ1n) is 6.43. The first-order chi connectivity index (χ1) is 9.78. The van der Waals surface area contributed by atoms with E-state index in [1.54, 1.807) is 6.07 Å². The van der Waals surface area contributed by atoms with Gasteiger partial charge in [-0.3, -0.25) is 0 Å². The van der Waals surface area contributed by atoms with Gasteiger partial charge in [0.25, 0.3) is 0 Å². The normalized spacial score (nSPS) is 11.1. The molecular formula is C16H13BrO3. The van der Waals surface area contributed by atoms with Crippen LogP contribution in [-0.4, -0.2) is 11.9 Å². The van der Waals surface area contributed by atoms with E-state index < -0.39 is 0 Å². The minimum atomic E-state index is -0.332. The average Bonchev–Trinajstić information content (AvgIpc) is 2.47. The molecule has 1 aromatic heterocycles. The van der Waals surface area contributed by atoms with Gasteiger partial charge < -0.3 is 9.15 Å². The van der Waals surface area contributed by atoms with E-state index in [2.05, 4.69) is 15.9 Å².